The van der Waals surface area contributed by atoms with E-state index in [4.69, 9.17) is 9.84 Å². The van der Waals surface area contributed by atoms with Crippen LogP contribution in [0.15, 0.2) is 24.3 Å². The molecule has 150 valence electrons. The van der Waals surface area contributed by atoms with E-state index >= 15 is 0 Å². The summed E-state index contributed by atoms with van der Waals surface area (Å²) in [7, 11) is 1.57. The molecule has 0 bridgehead atoms. The maximum Gasteiger partial charge on any atom is 0.404 e. The number of carbonyl (C=O) groups excluding carboxylic acids is 1. The first-order valence-corrected chi connectivity index (χ1v) is 9.66. The second-order valence-corrected chi connectivity index (χ2v) is 6.94. The first kappa shape index (κ1) is 21.0. The van der Waals surface area contributed by atoms with Gasteiger partial charge in [0.05, 0.1) is 6.61 Å². The summed E-state index contributed by atoms with van der Waals surface area (Å²) < 4.78 is 5.47. The normalized spacial score (nSPS) is 16.5. The number of piperidine rings is 1. The molecule has 1 heterocycles. The van der Waals surface area contributed by atoms with Crippen LogP contribution in [0.3, 0.4) is 0 Å². The lowest BCUT2D eigenvalue weighted by molar-refractivity contribution is -0.121. The molecule has 1 aromatic rings. The van der Waals surface area contributed by atoms with E-state index in [1.165, 1.54) is 5.56 Å². The van der Waals surface area contributed by atoms with Gasteiger partial charge in [0, 0.05) is 26.1 Å². The van der Waals surface area contributed by atoms with Crippen LogP contribution in [-0.2, 0) is 11.2 Å². The molecule has 7 nitrogen and oxygen atoms in total. The molecule has 1 saturated heterocycles. The van der Waals surface area contributed by atoms with Crippen LogP contribution in [0.2, 0.25) is 0 Å². The molecule has 1 atom stereocenters. The second kappa shape index (κ2) is 10.8. The quantitative estimate of drug-likeness (QED) is 0.613. The van der Waals surface area contributed by atoms with E-state index in [9.17, 15) is 9.59 Å². The third kappa shape index (κ3) is 7.09. The molecule has 27 heavy (non-hydrogen) atoms. The predicted octanol–water partition coefficient (Wildman–Crippen LogP) is 2.11. The number of carboxylic acid groups (broad SMARTS) is 1. The van der Waals surface area contributed by atoms with Crippen molar-refractivity contribution in [1.29, 1.82) is 0 Å². The van der Waals surface area contributed by atoms with Crippen molar-refractivity contribution < 1.29 is 19.4 Å². The molecule has 0 aliphatic carbocycles. The number of ether oxygens (including phenoxy) is 1. The first-order valence-electron chi connectivity index (χ1n) is 9.66. The molecule has 0 aromatic heterocycles. The van der Waals surface area contributed by atoms with Crippen molar-refractivity contribution in [2.24, 2.45) is 5.92 Å². The van der Waals surface area contributed by atoms with Crippen molar-refractivity contribution in [3.05, 3.63) is 29.8 Å². The van der Waals surface area contributed by atoms with Crippen molar-refractivity contribution in [1.82, 2.24) is 15.5 Å². The average Bonchev–Trinajstić information content (AvgIpc) is 2.67. The van der Waals surface area contributed by atoms with E-state index in [2.05, 4.69) is 27.7 Å². The van der Waals surface area contributed by atoms with Crippen molar-refractivity contribution in [2.75, 3.05) is 33.3 Å². The largest absolute Gasteiger partial charge is 0.494 e. The number of likely N-dealkylation sites (tertiary alicyclic amines) is 1. The zero-order chi connectivity index (χ0) is 19.6. The molecule has 7 heteroatoms. The van der Waals surface area contributed by atoms with Gasteiger partial charge in [-0.25, -0.2) is 4.79 Å². The Bertz CT molecular complexity index is 598. The minimum absolute atomic E-state index is 0.133. The van der Waals surface area contributed by atoms with Gasteiger partial charge in [-0.15, -0.1) is 0 Å². The molecule has 2 amide bonds. The van der Waals surface area contributed by atoms with E-state index in [0.29, 0.717) is 6.61 Å². The molecule has 1 unspecified atom stereocenters. The van der Waals surface area contributed by atoms with Crippen LogP contribution in [0.25, 0.3) is 0 Å². The summed E-state index contributed by atoms with van der Waals surface area (Å²) in [6.07, 6.45) is 1.89. The Morgan fingerprint density at radius 3 is 2.48 bits per heavy atom. The number of nitrogens with zero attached hydrogens (tertiary/aromatic N) is 1. The third-order valence-corrected chi connectivity index (χ3v) is 5.15. The zero-order valence-electron chi connectivity index (χ0n) is 16.2. The number of hydrogen-bond acceptors (Lipinski definition) is 4. The third-order valence-electron chi connectivity index (χ3n) is 5.15. The minimum atomic E-state index is -1.07. The molecule has 1 aliphatic rings. The van der Waals surface area contributed by atoms with Gasteiger partial charge in [0.25, 0.3) is 0 Å². The molecule has 1 aromatic carbocycles. The first-order chi connectivity index (χ1) is 13.0. The molecule has 0 saturated carbocycles. The van der Waals surface area contributed by atoms with Gasteiger partial charge < -0.3 is 25.4 Å². The van der Waals surface area contributed by atoms with E-state index < -0.39 is 6.09 Å². The standard InChI is InChI=1S/C20H31N3O4/c1-3-27-17-6-4-15(5-7-17)8-11-23-12-9-16(10-13-23)18(22-20(25)26)14-19(24)21-2/h4-7,16,18,22H,3,8-14H2,1-2H3,(H,21,24)(H,25,26). The van der Waals surface area contributed by atoms with Crippen LogP contribution in [0.4, 0.5) is 4.79 Å². The SMILES string of the molecule is CCOc1ccc(CCN2CCC(C(CC(=O)NC)NC(=O)O)CC2)cc1. The van der Waals surface area contributed by atoms with Crippen molar-refractivity contribution in [3.8, 4) is 5.75 Å². The summed E-state index contributed by atoms with van der Waals surface area (Å²) >= 11 is 0. The minimum Gasteiger partial charge on any atom is -0.494 e. The van der Waals surface area contributed by atoms with Gasteiger partial charge in [0.15, 0.2) is 0 Å². The summed E-state index contributed by atoms with van der Waals surface area (Å²) in [5.74, 6) is 0.960. The van der Waals surface area contributed by atoms with Gasteiger partial charge in [-0.1, -0.05) is 12.1 Å². The molecule has 3 N–H and O–H groups in total. The van der Waals surface area contributed by atoms with Crippen LogP contribution in [0, 0.1) is 5.92 Å². The van der Waals surface area contributed by atoms with Gasteiger partial charge >= 0.3 is 6.09 Å². The zero-order valence-corrected chi connectivity index (χ0v) is 16.2. The fourth-order valence-corrected chi connectivity index (χ4v) is 3.58. The lowest BCUT2D eigenvalue weighted by Gasteiger charge is -2.35. The fraction of sp³-hybridized carbons (Fsp3) is 0.600. The average molecular weight is 377 g/mol. The van der Waals surface area contributed by atoms with Crippen LogP contribution in [0.5, 0.6) is 5.75 Å². The number of hydrogen-bond donors (Lipinski definition) is 3. The van der Waals surface area contributed by atoms with Crippen LogP contribution in [0.1, 0.15) is 31.7 Å². The van der Waals surface area contributed by atoms with E-state index in [-0.39, 0.29) is 24.3 Å². The number of amides is 2. The summed E-state index contributed by atoms with van der Waals surface area (Å²) in [6.45, 7) is 5.47. The van der Waals surface area contributed by atoms with Gasteiger partial charge in [0.2, 0.25) is 5.91 Å². The number of benzene rings is 1. The van der Waals surface area contributed by atoms with Crippen LogP contribution >= 0.6 is 0 Å². The van der Waals surface area contributed by atoms with Crippen molar-refractivity contribution in [2.45, 2.75) is 38.6 Å². The summed E-state index contributed by atoms with van der Waals surface area (Å²) in [4.78, 5) is 25.1. The molecule has 1 fully saturated rings. The van der Waals surface area contributed by atoms with Gasteiger partial charge in [-0.05, 0) is 62.9 Å². The topological polar surface area (TPSA) is 90.9 Å². The van der Waals surface area contributed by atoms with E-state index in [1.54, 1.807) is 7.05 Å². The molecular formula is C20H31N3O4. The Hall–Kier alpha value is -2.28. The van der Waals surface area contributed by atoms with Gasteiger partial charge in [-0.2, -0.15) is 0 Å². The molecular weight excluding hydrogens is 346 g/mol. The monoisotopic (exact) mass is 377 g/mol. The number of nitrogens with one attached hydrogen (secondary N) is 2. The Morgan fingerprint density at radius 1 is 1.26 bits per heavy atom. The van der Waals surface area contributed by atoms with E-state index in [1.807, 2.05) is 19.1 Å². The summed E-state index contributed by atoms with van der Waals surface area (Å²) in [6, 6.07) is 7.90. The highest BCUT2D eigenvalue weighted by Crippen LogP contribution is 2.23. The summed E-state index contributed by atoms with van der Waals surface area (Å²) in [5.41, 5.74) is 1.28. The second-order valence-electron chi connectivity index (χ2n) is 6.94. The Labute approximate surface area is 161 Å². The maximum atomic E-state index is 11.7. The summed E-state index contributed by atoms with van der Waals surface area (Å²) in [5, 5.41) is 14.2. The molecule has 1 aliphatic heterocycles. The highest BCUT2D eigenvalue weighted by atomic mass is 16.5. The predicted molar refractivity (Wildman–Crippen MR) is 104 cm³/mol. The lowest BCUT2D eigenvalue weighted by atomic mass is 9.87. The highest BCUT2D eigenvalue weighted by molar-refractivity contribution is 5.77. The Morgan fingerprint density at radius 2 is 1.93 bits per heavy atom. The fourth-order valence-electron chi connectivity index (χ4n) is 3.58. The number of rotatable bonds is 9. The van der Waals surface area contributed by atoms with Crippen molar-refractivity contribution in [3.63, 3.8) is 0 Å². The maximum absolute atomic E-state index is 11.7. The van der Waals surface area contributed by atoms with Crippen LogP contribution < -0.4 is 15.4 Å². The number of carbonyl (C=O) groups is 2. The van der Waals surface area contributed by atoms with Gasteiger partial charge in [-0.3, -0.25) is 4.79 Å². The Kier molecular flexibility index (Phi) is 8.39. The highest BCUT2D eigenvalue weighted by Gasteiger charge is 2.29. The lowest BCUT2D eigenvalue weighted by Crippen LogP contribution is -2.47. The molecule has 0 radical (unpaired) electrons. The van der Waals surface area contributed by atoms with E-state index in [0.717, 1.165) is 44.6 Å². The van der Waals surface area contributed by atoms with Gasteiger partial charge in [0.1, 0.15) is 5.75 Å². The molecule has 0 spiro atoms. The smallest absolute Gasteiger partial charge is 0.404 e. The van der Waals surface area contributed by atoms with Crippen LogP contribution in [-0.4, -0.2) is 61.3 Å². The molecule has 2 rings (SSSR count). The Balaban J connectivity index is 1.79. The van der Waals surface area contributed by atoms with Crippen molar-refractivity contribution >= 4 is 12.0 Å².